The minimum absolute atomic E-state index is 0.0419. The number of hydrogen-bond acceptors (Lipinski definition) is 6. The van der Waals surface area contributed by atoms with E-state index in [0.717, 1.165) is 47.4 Å². The second-order valence-electron chi connectivity index (χ2n) is 11.1. The normalized spacial score (nSPS) is 23.6. The van der Waals surface area contributed by atoms with Crippen LogP contribution in [0.2, 0.25) is 0 Å². The summed E-state index contributed by atoms with van der Waals surface area (Å²) in [7, 11) is -0.977. The molecule has 1 saturated heterocycles. The molecular formula is C26H33N5O2S. The molecule has 2 N–H and O–H groups in total. The molecule has 1 atom stereocenters. The molecule has 6 rings (SSSR count). The van der Waals surface area contributed by atoms with Crippen LogP contribution < -0.4 is 10.6 Å². The van der Waals surface area contributed by atoms with Crippen molar-refractivity contribution in [1.82, 2.24) is 14.9 Å². The minimum atomic E-state index is -0.977. The number of nitrogens with one attached hydrogen (secondary N) is 2. The number of aromatic nitrogens is 2. The van der Waals surface area contributed by atoms with Crippen molar-refractivity contribution in [3.05, 3.63) is 35.5 Å². The van der Waals surface area contributed by atoms with Crippen molar-refractivity contribution in [3.8, 4) is 0 Å². The van der Waals surface area contributed by atoms with Gasteiger partial charge < -0.3 is 15.5 Å². The minimum Gasteiger partial charge on any atom is -0.324 e. The third-order valence-electron chi connectivity index (χ3n) is 8.61. The summed E-state index contributed by atoms with van der Waals surface area (Å²) in [5, 5.41) is 6.44. The number of fused-ring (bicyclic) bond motifs is 2. The van der Waals surface area contributed by atoms with Crippen LogP contribution in [-0.4, -0.2) is 49.4 Å². The molecule has 2 spiro atoms. The molecule has 0 radical (unpaired) electrons. The lowest BCUT2D eigenvalue weighted by Crippen LogP contribution is -2.51. The zero-order chi connectivity index (χ0) is 23.7. The largest absolute Gasteiger partial charge is 0.324 e. The molecule has 2 saturated carbocycles. The number of carbonyl (C=O) groups excluding carboxylic acids is 1. The van der Waals surface area contributed by atoms with Crippen LogP contribution in [0.1, 0.15) is 63.5 Å². The molecule has 1 amide bonds. The highest BCUT2D eigenvalue weighted by molar-refractivity contribution is 7.85. The second kappa shape index (κ2) is 7.85. The Labute approximate surface area is 203 Å². The predicted molar refractivity (Wildman–Crippen MR) is 134 cm³/mol. The van der Waals surface area contributed by atoms with E-state index in [1.165, 1.54) is 25.9 Å². The Morgan fingerprint density at radius 1 is 1.18 bits per heavy atom. The quantitative estimate of drug-likeness (QED) is 0.666. The van der Waals surface area contributed by atoms with Gasteiger partial charge >= 0.3 is 0 Å². The van der Waals surface area contributed by atoms with Crippen LogP contribution in [0.4, 0.5) is 17.5 Å². The summed E-state index contributed by atoms with van der Waals surface area (Å²) in [4.78, 5) is 24.7. The van der Waals surface area contributed by atoms with Crippen molar-refractivity contribution in [2.75, 3.05) is 23.7 Å². The number of benzene rings is 1. The molecular weight excluding hydrogens is 446 g/mol. The number of piperidine rings is 1. The van der Waals surface area contributed by atoms with E-state index >= 15 is 0 Å². The van der Waals surface area contributed by atoms with Gasteiger partial charge in [-0.15, -0.1) is 0 Å². The van der Waals surface area contributed by atoms with E-state index in [2.05, 4.69) is 39.3 Å². The summed E-state index contributed by atoms with van der Waals surface area (Å²) in [6.07, 6.45) is 8.16. The Bertz CT molecular complexity index is 1180. The monoisotopic (exact) mass is 479 g/mol. The van der Waals surface area contributed by atoms with Crippen LogP contribution >= 0.6 is 0 Å². The molecule has 1 aromatic carbocycles. The van der Waals surface area contributed by atoms with Gasteiger partial charge in [0.15, 0.2) is 0 Å². The third-order valence-corrected chi connectivity index (χ3v) is 10.3. The van der Waals surface area contributed by atoms with E-state index in [1.807, 2.05) is 25.1 Å². The molecule has 34 heavy (non-hydrogen) atoms. The van der Waals surface area contributed by atoms with Gasteiger partial charge in [0.25, 0.3) is 0 Å². The lowest BCUT2D eigenvalue weighted by Gasteiger charge is -2.52. The first-order valence-corrected chi connectivity index (χ1v) is 13.7. The highest BCUT2D eigenvalue weighted by Gasteiger charge is 2.57. The summed E-state index contributed by atoms with van der Waals surface area (Å²) in [6, 6.07) is 6.58. The fourth-order valence-electron chi connectivity index (χ4n) is 6.05. The third kappa shape index (κ3) is 3.57. The predicted octanol–water partition coefficient (Wildman–Crippen LogP) is 4.27. The second-order valence-corrected chi connectivity index (χ2v) is 12.8. The maximum atomic E-state index is 13.3. The van der Waals surface area contributed by atoms with E-state index in [-0.39, 0.29) is 16.6 Å². The summed E-state index contributed by atoms with van der Waals surface area (Å²) < 4.78 is 13.3. The highest BCUT2D eigenvalue weighted by Crippen LogP contribution is 2.54. The number of hydrogen-bond donors (Lipinski definition) is 2. The van der Waals surface area contributed by atoms with Gasteiger partial charge in [0.2, 0.25) is 11.9 Å². The molecule has 2 aliphatic carbocycles. The van der Waals surface area contributed by atoms with Crippen molar-refractivity contribution in [1.29, 1.82) is 0 Å². The maximum Gasteiger partial charge on any atom is 0.236 e. The lowest BCUT2D eigenvalue weighted by molar-refractivity contribution is -0.117. The summed E-state index contributed by atoms with van der Waals surface area (Å²) in [5.41, 5.74) is 2.86. The first kappa shape index (κ1) is 22.2. The Morgan fingerprint density at radius 2 is 1.91 bits per heavy atom. The molecule has 4 aliphatic rings. The van der Waals surface area contributed by atoms with Crippen LogP contribution in [-0.2, 0) is 21.0 Å². The van der Waals surface area contributed by atoms with E-state index in [4.69, 9.17) is 0 Å². The Hall–Kier alpha value is -2.32. The number of carbonyl (C=O) groups is 1. The molecule has 8 heteroatoms. The van der Waals surface area contributed by atoms with E-state index in [9.17, 15) is 9.00 Å². The fraction of sp³-hybridized carbons (Fsp3) is 0.577. The van der Waals surface area contributed by atoms with E-state index < -0.39 is 10.8 Å². The van der Waals surface area contributed by atoms with Crippen molar-refractivity contribution < 1.29 is 9.00 Å². The van der Waals surface area contributed by atoms with Crippen LogP contribution in [0.5, 0.6) is 0 Å². The molecule has 3 fully saturated rings. The molecule has 2 aromatic rings. The van der Waals surface area contributed by atoms with Crippen LogP contribution in [0.3, 0.4) is 0 Å². The summed E-state index contributed by atoms with van der Waals surface area (Å²) >= 11 is 0. The molecule has 7 nitrogen and oxygen atoms in total. The van der Waals surface area contributed by atoms with Crippen molar-refractivity contribution >= 4 is 34.2 Å². The van der Waals surface area contributed by atoms with Gasteiger partial charge in [-0.25, -0.2) is 4.98 Å². The smallest absolute Gasteiger partial charge is 0.236 e. The zero-order valence-electron chi connectivity index (χ0n) is 20.2. The molecule has 1 aromatic heterocycles. The number of nitrogens with zero attached hydrogens (tertiary/aromatic N) is 3. The molecule has 1 unspecified atom stereocenters. The maximum absolute atomic E-state index is 13.3. The molecule has 3 heterocycles. The van der Waals surface area contributed by atoms with Gasteiger partial charge in [-0.05, 0) is 102 Å². The zero-order valence-corrected chi connectivity index (χ0v) is 21.0. The first-order valence-electron chi connectivity index (χ1n) is 12.5. The number of amides is 1. The molecule has 0 bridgehead atoms. The number of likely N-dealkylation sites (tertiary alicyclic amines) is 1. The number of anilines is 3. The topological polar surface area (TPSA) is 87.2 Å². The summed E-state index contributed by atoms with van der Waals surface area (Å²) in [5.74, 6) is 1.12. The molecule has 180 valence electrons. The van der Waals surface area contributed by atoms with E-state index in [1.54, 1.807) is 6.20 Å². The average Bonchev–Trinajstić information content (AvgIpc) is 3.55. The van der Waals surface area contributed by atoms with Gasteiger partial charge in [0, 0.05) is 33.6 Å². The van der Waals surface area contributed by atoms with Crippen LogP contribution in [0, 0.1) is 12.3 Å². The van der Waals surface area contributed by atoms with Gasteiger partial charge in [0.05, 0.1) is 16.2 Å². The fourth-order valence-corrected chi connectivity index (χ4v) is 7.94. The van der Waals surface area contributed by atoms with Crippen molar-refractivity contribution in [2.45, 2.75) is 80.9 Å². The van der Waals surface area contributed by atoms with Gasteiger partial charge in [-0.2, -0.15) is 4.98 Å². The van der Waals surface area contributed by atoms with Gasteiger partial charge in [0.1, 0.15) is 5.82 Å². The number of aryl methyl sites for hydroxylation is 1. The van der Waals surface area contributed by atoms with Crippen LogP contribution in [0.15, 0.2) is 29.3 Å². The van der Waals surface area contributed by atoms with Gasteiger partial charge in [-0.3, -0.25) is 9.00 Å². The van der Waals surface area contributed by atoms with Crippen molar-refractivity contribution in [2.24, 2.45) is 5.41 Å². The standard InChI is InChI=1S/C26H33N5O2S/c1-16(2)31-10-8-25(9-11-31)13-19(14-25)34(33)18-4-5-21(17(3)12-18)28-24-27-15-20-22(30-24)29-23(32)26(20)6-7-26/h4-5,12,15-16,19H,6-11,13-14H2,1-3H3,(H2,27,28,29,30,32). The van der Waals surface area contributed by atoms with Crippen molar-refractivity contribution in [3.63, 3.8) is 0 Å². The first-order chi connectivity index (χ1) is 16.3. The summed E-state index contributed by atoms with van der Waals surface area (Å²) in [6.45, 7) is 8.91. The number of rotatable bonds is 5. The van der Waals surface area contributed by atoms with Crippen LogP contribution in [0.25, 0.3) is 0 Å². The molecule has 2 aliphatic heterocycles. The van der Waals surface area contributed by atoms with Gasteiger partial charge in [-0.1, -0.05) is 0 Å². The van der Waals surface area contributed by atoms with E-state index in [0.29, 0.717) is 23.2 Å². The Kier molecular flexibility index (Phi) is 5.12. The highest BCUT2D eigenvalue weighted by atomic mass is 32.2. The Morgan fingerprint density at radius 3 is 2.56 bits per heavy atom. The SMILES string of the molecule is Cc1cc(S(=O)C2CC3(CCN(C(C)C)CC3)C2)ccc1Nc1ncc2c(n1)NC(=O)C21CC1. The lowest BCUT2D eigenvalue weighted by atomic mass is 9.63. The average molecular weight is 480 g/mol. The Balaban J connectivity index is 1.10.